The summed E-state index contributed by atoms with van der Waals surface area (Å²) in [5.74, 6) is 0. The molecule has 0 nitrogen and oxygen atoms in total. The lowest BCUT2D eigenvalue weighted by molar-refractivity contribution is 1.27. The molecule has 0 fully saturated rings. The van der Waals surface area contributed by atoms with Gasteiger partial charge < -0.3 is 0 Å². The second-order valence-corrected chi connectivity index (χ2v) is 23.5. The predicted molar refractivity (Wildman–Crippen MR) is 216 cm³/mol. The van der Waals surface area contributed by atoms with Crippen LogP contribution < -0.4 is 40.1 Å². The molecule has 2 unspecified atom stereocenters. The van der Waals surface area contributed by atoms with Gasteiger partial charge in [0, 0.05) is 9.00 Å². The van der Waals surface area contributed by atoms with Gasteiger partial charge in [-0.1, -0.05) is 146 Å². The molecule has 230 valence electrons. The minimum atomic E-state index is -2.50. The SMILES string of the molecule is c1ccc([Si]2(c3ccc4c(c3)-c3cc([Si]5(c6ccccc6)c6ccccc6-c6ccsc65)ccc3C4)c3ccccc3-c3ccsc32)cc1. The molecular formula is C45H30S2Si2. The zero-order valence-electron chi connectivity index (χ0n) is 26.7. The van der Waals surface area contributed by atoms with Crippen LogP contribution in [0.15, 0.2) is 168 Å². The predicted octanol–water partition coefficient (Wildman–Crippen LogP) is 6.10. The number of hydrogen-bond donors (Lipinski definition) is 0. The molecule has 0 radical (unpaired) electrons. The standard InChI is InChI=1S/C45H30S2Si2/c1-3-11-32(12-4-1)48(42-17-9-7-15-36(42)38-23-25-46-44(38)48)34-21-19-30-27-31-20-22-35(29-41(31)40(30)28-34)49(33-13-5-2-6-14-33)43-18-10-8-16-37(43)39-24-26-47-45(39)49/h1-26,28-29H,27H2. The van der Waals surface area contributed by atoms with Crippen LogP contribution in [0.5, 0.6) is 0 Å². The summed E-state index contributed by atoms with van der Waals surface area (Å²) in [6, 6.07) is 61.1. The van der Waals surface area contributed by atoms with Gasteiger partial charge in [0.25, 0.3) is 0 Å². The smallest absolute Gasteiger partial charge is 0.152 e. The Morgan fingerprint density at radius 1 is 0.347 bits per heavy atom. The number of thiophene rings is 2. The molecule has 2 aliphatic heterocycles. The first-order chi connectivity index (χ1) is 24.3. The minimum Gasteiger partial charge on any atom is -0.152 e. The number of fused-ring (bicyclic) bond motifs is 9. The van der Waals surface area contributed by atoms with Crippen molar-refractivity contribution in [1.82, 2.24) is 0 Å². The summed E-state index contributed by atoms with van der Waals surface area (Å²) in [5.41, 5.74) is 11.4. The van der Waals surface area contributed by atoms with Gasteiger partial charge in [0.1, 0.15) is 0 Å². The number of benzene rings is 6. The van der Waals surface area contributed by atoms with Crippen molar-refractivity contribution in [1.29, 1.82) is 0 Å². The highest BCUT2D eigenvalue weighted by atomic mass is 32.1. The third-order valence-electron chi connectivity index (χ3n) is 11.4. The first-order valence-corrected chi connectivity index (χ1v) is 22.8. The van der Waals surface area contributed by atoms with Crippen molar-refractivity contribution in [3.8, 4) is 33.4 Å². The van der Waals surface area contributed by atoms with Crippen molar-refractivity contribution in [3.63, 3.8) is 0 Å². The second-order valence-electron chi connectivity index (χ2n) is 13.6. The molecule has 0 amide bonds. The van der Waals surface area contributed by atoms with E-state index < -0.39 is 16.1 Å². The molecule has 2 aromatic heterocycles. The minimum absolute atomic E-state index is 0.993. The van der Waals surface area contributed by atoms with E-state index in [1.54, 1.807) is 9.00 Å². The van der Waals surface area contributed by atoms with Crippen LogP contribution in [0.25, 0.3) is 33.4 Å². The third-order valence-corrected chi connectivity index (χ3v) is 24.6. The third kappa shape index (κ3) is 3.57. The van der Waals surface area contributed by atoms with Gasteiger partial charge >= 0.3 is 0 Å². The Labute approximate surface area is 296 Å². The molecule has 4 heteroatoms. The van der Waals surface area contributed by atoms with Crippen LogP contribution >= 0.6 is 22.7 Å². The highest BCUT2D eigenvalue weighted by Crippen LogP contribution is 2.39. The van der Waals surface area contributed by atoms with Gasteiger partial charge in [-0.15, -0.1) is 0 Å². The monoisotopic (exact) mass is 690 g/mol. The van der Waals surface area contributed by atoms with Crippen LogP contribution in [-0.4, -0.2) is 16.1 Å². The summed E-state index contributed by atoms with van der Waals surface area (Å²) in [7, 11) is -5.00. The van der Waals surface area contributed by atoms with E-state index in [4.69, 9.17) is 0 Å². The van der Waals surface area contributed by atoms with Crippen LogP contribution in [0.1, 0.15) is 11.1 Å². The van der Waals surface area contributed by atoms with E-state index in [0.717, 1.165) is 6.42 Å². The fraction of sp³-hybridized carbons (Fsp3) is 0.0222. The van der Waals surface area contributed by atoms with Gasteiger partial charge in [-0.05, 0) is 105 Å². The summed E-state index contributed by atoms with van der Waals surface area (Å²) in [5, 5.41) is 13.6. The molecule has 6 aromatic carbocycles. The fourth-order valence-corrected chi connectivity index (χ4v) is 24.0. The second kappa shape index (κ2) is 10.3. The molecule has 1 aliphatic carbocycles. The van der Waals surface area contributed by atoms with Crippen LogP contribution in [0.3, 0.4) is 0 Å². The molecule has 0 spiro atoms. The quantitative estimate of drug-likeness (QED) is 0.196. The summed E-state index contributed by atoms with van der Waals surface area (Å²) >= 11 is 3.91. The van der Waals surface area contributed by atoms with Crippen molar-refractivity contribution in [2.24, 2.45) is 0 Å². The Morgan fingerprint density at radius 3 is 1.24 bits per heavy atom. The lowest BCUT2D eigenvalue weighted by Gasteiger charge is -2.31. The number of hydrogen-bond acceptors (Lipinski definition) is 2. The van der Waals surface area contributed by atoms with Crippen molar-refractivity contribution in [2.75, 3.05) is 0 Å². The van der Waals surface area contributed by atoms with E-state index in [-0.39, 0.29) is 0 Å². The maximum atomic E-state index is 2.62. The maximum Gasteiger partial charge on any atom is 0.192 e. The average molecular weight is 691 g/mol. The Bertz CT molecular complexity index is 2420. The van der Waals surface area contributed by atoms with Crippen LogP contribution in [0.2, 0.25) is 0 Å². The van der Waals surface area contributed by atoms with Crippen LogP contribution in [-0.2, 0) is 6.42 Å². The van der Waals surface area contributed by atoms with Crippen LogP contribution in [0.4, 0.5) is 0 Å². The molecule has 49 heavy (non-hydrogen) atoms. The first-order valence-electron chi connectivity index (χ1n) is 17.0. The van der Waals surface area contributed by atoms with Gasteiger partial charge in [-0.2, -0.15) is 22.7 Å². The van der Waals surface area contributed by atoms with E-state index in [1.165, 1.54) is 75.6 Å². The highest BCUT2D eigenvalue weighted by Gasteiger charge is 2.51. The van der Waals surface area contributed by atoms with Crippen molar-refractivity contribution >= 4 is 78.9 Å². The molecule has 11 rings (SSSR count). The number of rotatable bonds is 4. The largest absolute Gasteiger partial charge is 0.192 e. The first kappa shape index (κ1) is 28.0. The highest BCUT2D eigenvalue weighted by molar-refractivity contribution is 7.38. The molecule has 2 atom stereocenters. The molecular weight excluding hydrogens is 661 g/mol. The molecule has 4 heterocycles. The Morgan fingerprint density at radius 2 is 0.776 bits per heavy atom. The maximum absolute atomic E-state index is 2.62. The molecule has 8 aromatic rings. The lowest BCUT2D eigenvalue weighted by Crippen LogP contribution is -2.72. The topological polar surface area (TPSA) is 0 Å². The van der Waals surface area contributed by atoms with Gasteiger partial charge in [0.15, 0.2) is 16.1 Å². The van der Waals surface area contributed by atoms with E-state index in [2.05, 4.69) is 168 Å². The van der Waals surface area contributed by atoms with Gasteiger partial charge in [-0.25, -0.2) is 0 Å². The Kier molecular flexibility index (Phi) is 5.91. The van der Waals surface area contributed by atoms with E-state index in [1.807, 2.05) is 22.7 Å². The van der Waals surface area contributed by atoms with Crippen molar-refractivity contribution in [2.45, 2.75) is 6.42 Å². The zero-order chi connectivity index (χ0) is 32.2. The summed E-state index contributed by atoms with van der Waals surface area (Å²) in [6.45, 7) is 0. The van der Waals surface area contributed by atoms with E-state index >= 15 is 0 Å². The van der Waals surface area contributed by atoms with Crippen LogP contribution in [0, 0.1) is 0 Å². The van der Waals surface area contributed by atoms with E-state index in [9.17, 15) is 0 Å². The lowest BCUT2D eigenvalue weighted by atomic mass is 10.1. The van der Waals surface area contributed by atoms with E-state index in [0.29, 0.717) is 0 Å². The zero-order valence-corrected chi connectivity index (χ0v) is 30.3. The summed E-state index contributed by atoms with van der Waals surface area (Å²) in [6.07, 6.45) is 0.993. The normalized spacial score (nSPS) is 19.1. The van der Waals surface area contributed by atoms with Crippen molar-refractivity contribution < 1.29 is 0 Å². The van der Waals surface area contributed by atoms with Gasteiger partial charge in [0.05, 0.1) is 0 Å². The Hall–Kier alpha value is -4.85. The van der Waals surface area contributed by atoms with Gasteiger partial charge in [-0.3, -0.25) is 0 Å². The molecule has 0 bridgehead atoms. The Balaban J connectivity index is 1.16. The molecule has 0 N–H and O–H groups in total. The molecule has 0 saturated heterocycles. The average Bonchev–Trinajstić information content (AvgIpc) is 3.99. The van der Waals surface area contributed by atoms with Gasteiger partial charge in [0.2, 0.25) is 0 Å². The fourth-order valence-electron chi connectivity index (χ4n) is 9.45. The molecule has 0 saturated carbocycles. The molecule has 3 aliphatic rings. The van der Waals surface area contributed by atoms with Crippen molar-refractivity contribution in [3.05, 3.63) is 180 Å². The summed E-state index contributed by atoms with van der Waals surface area (Å²) in [4.78, 5) is 0. The summed E-state index contributed by atoms with van der Waals surface area (Å²) < 4.78 is 3.13.